The average Bonchev–Trinajstić information content (AvgIpc) is 2.24. The number of methoxy groups -OCH3 is 1. The molecule has 110 valence electrons. The van der Waals surface area contributed by atoms with Crippen LogP contribution in [0.15, 0.2) is 0 Å². The van der Waals surface area contributed by atoms with Crippen LogP contribution in [0.4, 0.5) is 0 Å². The molecule has 2 unspecified atom stereocenters. The van der Waals surface area contributed by atoms with Crippen molar-refractivity contribution < 1.29 is 29.0 Å². The number of nitrogens with two attached hydrogens (primary N) is 2. The molecule has 0 radical (unpaired) electrons. The van der Waals surface area contributed by atoms with Crippen molar-refractivity contribution in [3.05, 3.63) is 0 Å². The SMILES string of the molecule is COC(=O)CC(N)C(N)(C(=O)O)C(=O)OC(C)(C)C. The Morgan fingerprint density at radius 1 is 1.26 bits per heavy atom. The Morgan fingerprint density at radius 2 is 1.74 bits per heavy atom. The minimum Gasteiger partial charge on any atom is -0.479 e. The standard InChI is InChI=1S/C11H20N2O6/c1-10(2,3)19-9(17)11(13,8(15)16)6(12)5-7(14)18-4/h6H,5,12-13H2,1-4H3,(H,15,16). The lowest BCUT2D eigenvalue weighted by molar-refractivity contribution is -0.170. The molecule has 0 bridgehead atoms. The minimum absolute atomic E-state index is 0.515. The van der Waals surface area contributed by atoms with Gasteiger partial charge in [0.15, 0.2) is 0 Å². The molecule has 0 rings (SSSR count). The zero-order valence-electron chi connectivity index (χ0n) is 11.4. The van der Waals surface area contributed by atoms with Crippen LogP contribution in [0.2, 0.25) is 0 Å². The molecule has 0 aliphatic heterocycles. The summed E-state index contributed by atoms with van der Waals surface area (Å²) in [5.41, 5.74) is 7.63. The number of hydrogen-bond donors (Lipinski definition) is 3. The van der Waals surface area contributed by atoms with Crippen LogP contribution in [-0.4, -0.2) is 47.3 Å². The van der Waals surface area contributed by atoms with Gasteiger partial charge in [-0.15, -0.1) is 0 Å². The first-order valence-corrected chi connectivity index (χ1v) is 5.53. The lowest BCUT2D eigenvalue weighted by Gasteiger charge is -2.31. The summed E-state index contributed by atoms with van der Waals surface area (Å²) in [6, 6.07) is -1.47. The van der Waals surface area contributed by atoms with Crippen molar-refractivity contribution in [2.24, 2.45) is 11.5 Å². The average molecular weight is 276 g/mol. The highest BCUT2D eigenvalue weighted by Crippen LogP contribution is 2.17. The molecular weight excluding hydrogens is 256 g/mol. The van der Waals surface area contributed by atoms with Crippen molar-refractivity contribution in [1.82, 2.24) is 0 Å². The van der Waals surface area contributed by atoms with E-state index in [9.17, 15) is 14.4 Å². The summed E-state index contributed by atoms with van der Waals surface area (Å²) >= 11 is 0. The van der Waals surface area contributed by atoms with Crippen LogP contribution < -0.4 is 11.5 Å². The molecule has 8 nitrogen and oxygen atoms in total. The molecule has 0 aromatic carbocycles. The Bertz CT molecular complexity index is 376. The van der Waals surface area contributed by atoms with E-state index in [2.05, 4.69) is 4.74 Å². The monoisotopic (exact) mass is 276 g/mol. The van der Waals surface area contributed by atoms with Crippen molar-refractivity contribution in [1.29, 1.82) is 0 Å². The van der Waals surface area contributed by atoms with E-state index in [4.69, 9.17) is 21.3 Å². The molecule has 0 fully saturated rings. The second-order valence-corrected chi connectivity index (χ2v) is 5.06. The first kappa shape index (κ1) is 17.3. The zero-order chi connectivity index (χ0) is 15.4. The summed E-state index contributed by atoms with van der Waals surface area (Å²) in [6.07, 6.45) is -0.515. The van der Waals surface area contributed by atoms with Crippen molar-refractivity contribution in [2.75, 3.05) is 7.11 Å². The Hall–Kier alpha value is -1.67. The number of aliphatic carboxylic acids is 1. The van der Waals surface area contributed by atoms with Gasteiger partial charge in [-0.2, -0.15) is 0 Å². The summed E-state index contributed by atoms with van der Waals surface area (Å²) < 4.78 is 9.28. The Labute approximate surface area is 111 Å². The van der Waals surface area contributed by atoms with Crippen LogP contribution in [0, 0.1) is 0 Å². The minimum atomic E-state index is -2.51. The van der Waals surface area contributed by atoms with Gasteiger partial charge in [-0.25, -0.2) is 9.59 Å². The number of ether oxygens (including phenoxy) is 2. The Morgan fingerprint density at radius 3 is 2.05 bits per heavy atom. The number of carboxylic acid groups (broad SMARTS) is 1. The predicted octanol–water partition coefficient (Wildman–Crippen LogP) is -0.999. The summed E-state index contributed by atoms with van der Waals surface area (Å²) in [5.74, 6) is -3.64. The number of carboxylic acids is 1. The molecule has 2 atom stereocenters. The third-order valence-electron chi connectivity index (χ3n) is 2.29. The van der Waals surface area contributed by atoms with E-state index in [0.717, 1.165) is 7.11 Å². The normalized spacial score (nSPS) is 16.1. The maximum atomic E-state index is 11.9. The van der Waals surface area contributed by atoms with E-state index in [-0.39, 0.29) is 0 Å². The quantitative estimate of drug-likeness (QED) is 0.428. The van der Waals surface area contributed by atoms with E-state index in [1.54, 1.807) is 20.8 Å². The van der Waals surface area contributed by atoms with Crippen molar-refractivity contribution >= 4 is 17.9 Å². The van der Waals surface area contributed by atoms with Crippen LogP contribution in [0.5, 0.6) is 0 Å². The van der Waals surface area contributed by atoms with Gasteiger partial charge in [0.2, 0.25) is 5.54 Å². The molecular formula is C11H20N2O6. The lowest BCUT2D eigenvalue weighted by Crippen LogP contribution is -2.67. The largest absolute Gasteiger partial charge is 0.479 e. The third-order valence-corrected chi connectivity index (χ3v) is 2.29. The van der Waals surface area contributed by atoms with Crippen molar-refractivity contribution in [2.45, 2.75) is 44.4 Å². The molecule has 0 aliphatic carbocycles. The van der Waals surface area contributed by atoms with Crippen LogP contribution >= 0.6 is 0 Å². The van der Waals surface area contributed by atoms with Gasteiger partial charge >= 0.3 is 17.9 Å². The lowest BCUT2D eigenvalue weighted by atomic mass is 9.89. The zero-order valence-corrected chi connectivity index (χ0v) is 11.4. The molecule has 19 heavy (non-hydrogen) atoms. The number of esters is 2. The Balaban J connectivity index is 5.20. The van der Waals surface area contributed by atoms with E-state index < -0.39 is 41.5 Å². The first-order chi connectivity index (χ1) is 8.45. The summed E-state index contributed by atoms with van der Waals surface area (Å²) in [5, 5.41) is 9.10. The summed E-state index contributed by atoms with van der Waals surface area (Å²) in [6.45, 7) is 4.66. The van der Waals surface area contributed by atoms with Gasteiger partial charge < -0.3 is 26.0 Å². The molecule has 0 spiro atoms. The van der Waals surface area contributed by atoms with Crippen LogP contribution in [-0.2, 0) is 23.9 Å². The van der Waals surface area contributed by atoms with E-state index in [0.29, 0.717) is 0 Å². The fraction of sp³-hybridized carbons (Fsp3) is 0.727. The van der Waals surface area contributed by atoms with Crippen LogP contribution in [0.3, 0.4) is 0 Å². The summed E-state index contributed by atoms with van der Waals surface area (Å²) in [7, 11) is 1.11. The number of carbonyl (C=O) groups excluding carboxylic acids is 2. The molecule has 0 aromatic heterocycles. The molecule has 5 N–H and O–H groups in total. The van der Waals surface area contributed by atoms with Crippen LogP contribution in [0.1, 0.15) is 27.2 Å². The summed E-state index contributed by atoms with van der Waals surface area (Å²) in [4.78, 5) is 34.2. The Kier molecular flexibility index (Phi) is 5.46. The highest BCUT2D eigenvalue weighted by Gasteiger charge is 2.51. The molecule has 8 heteroatoms. The highest BCUT2D eigenvalue weighted by atomic mass is 16.6. The fourth-order valence-electron chi connectivity index (χ4n) is 1.18. The maximum absolute atomic E-state index is 11.9. The van der Waals surface area contributed by atoms with Gasteiger partial charge in [-0.3, -0.25) is 4.79 Å². The fourth-order valence-corrected chi connectivity index (χ4v) is 1.18. The first-order valence-electron chi connectivity index (χ1n) is 5.53. The molecule has 0 aromatic rings. The molecule has 0 saturated carbocycles. The number of hydrogen-bond acceptors (Lipinski definition) is 7. The van der Waals surface area contributed by atoms with Gasteiger partial charge in [-0.05, 0) is 20.8 Å². The second-order valence-electron chi connectivity index (χ2n) is 5.06. The molecule has 0 amide bonds. The number of carbonyl (C=O) groups is 3. The molecule has 0 saturated heterocycles. The van der Waals surface area contributed by atoms with E-state index >= 15 is 0 Å². The van der Waals surface area contributed by atoms with Gasteiger partial charge in [0.1, 0.15) is 5.60 Å². The smallest absolute Gasteiger partial charge is 0.340 e. The second kappa shape index (κ2) is 5.98. The van der Waals surface area contributed by atoms with Gasteiger partial charge in [0, 0.05) is 0 Å². The predicted molar refractivity (Wildman–Crippen MR) is 65.0 cm³/mol. The topological polar surface area (TPSA) is 142 Å². The maximum Gasteiger partial charge on any atom is 0.340 e. The van der Waals surface area contributed by atoms with Gasteiger partial charge in [-0.1, -0.05) is 0 Å². The van der Waals surface area contributed by atoms with Gasteiger partial charge in [0.05, 0.1) is 19.6 Å². The molecule has 0 aliphatic rings. The van der Waals surface area contributed by atoms with Crippen molar-refractivity contribution in [3.63, 3.8) is 0 Å². The van der Waals surface area contributed by atoms with Crippen LogP contribution in [0.25, 0.3) is 0 Å². The van der Waals surface area contributed by atoms with E-state index in [1.807, 2.05) is 0 Å². The van der Waals surface area contributed by atoms with Crippen molar-refractivity contribution in [3.8, 4) is 0 Å². The van der Waals surface area contributed by atoms with E-state index in [1.165, 1.54) is 0 Å². The van der Waals surface area contributed by atoms with Gasteiger partial charge in [0.25, 0.3) is 0 Å². The molecule has 0 heterocycles. The third kappa shape index (κ3) is 4.49. The number of rotatable bonds is 5. The highest BCUT2D eigenvalue weighted by molar-refractivity contribution is 6.05.